The van der Waals surface area contributed by atoms with Gasteiger partial charge in [-0.25, -0.2) is 4.79 Å². The maximum absolute atomic E-state index is 12.3. The molecule has 0 atom stereocenters. The smallest absolute Gasteiger partial charge is 0.315 e. The van der Waals surface area contributed by atoms with Crippen LogP contribution in [0.1, 0.15) is 29.5 Å². The fraction of sp³-hybridized carbons (Fsp3) is 0.350. The lowest BCUT2D eigenvalue weighted by Gasteiger charge is -2.20. The monoisotopic (exact) mass is 340 g/mol. The molecule has 0 aromatic heterocycles. The summed E-state index contributed by atoms with van der Waals surface area (Å²) in [6.45, 7) is 2.55. The third-order valence-corrected chi connectivity index (χ3v) is 4.61. The minimum absolute atomic E-state index is 0.159. The van der Waals surface area contributed by atoms with Crippen LogP contribution in [0.5, 0.6) is 11.5 Å². The lowest BCUT2D eigenvalue weighted by molar-refractivity contribution is 0.235. The van der Waals surface area contributed by atoms with Gasteiger partial charge in [-0.15, -0.1) is 0 Å². The zero-order chi connectivity index (χ0) is 17.9. The van der Waals surface area contributed by atoms with Crippen LogP contribution in [0.25, 0.3) is 0 Å². The fourth-order valence-corrected chi connectivity index (χ4v) is 2.89. The third kappa shape index (κ3) is 3.87. The number of carbonyl (C=O) groups is 1. The number of hydrogen-bond acceptors (Lipinski definition) is 3. The molecule has 1 fully saturated rings. The van der Waals surface area contributed by atoms with Crippen LogP contribution in [-0.4, -0.2) is 20.3 Å². The molecule has 0 spiro atoms. The Balaban J connectivity index is 1.63. The van der Waals surface area contributed by atoms with E-state index in [9.17, 15) is 4.79 Å². The Bertz CT molecular complexity index is 752. The number of methoxy groups -OCH3 is 2. The van der Waals surface area contributed by atoms with Crippen LogP contribution in [0, 0.1) is 6.92 Å². The standard InChI is InChI=1S/C20H24N2O3/c1-14-4-6-15(7-5-14)13-21-19(23)22-20(10-11-20)16-8-9-17(24-2)18(12-16)25-3/h4-9,12H,10-11,13H2,1-3H3,(H2,21,22,23). The van der Waals surface area contributed by atoms with Crippen molar-refractivity contribution in [3.05, 3.63) is 59.2 Å². The Labute approximate surface area is 148 Å². The topological polar surface area (TPSA) is 59.6 Å². The van der Waals surface area contributed by atoms with Crippen LogP contribution < -0.4 is 20.1 Å². The van der Waals surface area contributed by atoms with E-state index >= 15 is 0 Å². The molecule has 1 aliphatic rings. The van der Waals surface area contributed by atoms with E-state index in [4.69, 9.17) is 9.47 Å². The molecule has 2 aromatic rings. The maximum Gasteiger partial charge on any atom is 0.315 e. The van der Waals surface area contributed by atoms with Crippen LogP contribution in [0.4, 0.5) is 4.79 Å². The number of benzene rings is 2. The van der Waals surface area contributed by atoms with E-state index in [-0.39, 0.29) is 11.6 Å². The number of rotatable bonds is 6. The SMILES string of the molecule is COc1ccc(C2(NC(=O)NCc3ccc(C)cc3)CC2)cc1OC. The average molecular weight is 340 g/mol. The molecule has 0 heterocycles. The molecule has 2 aromatic carbocycles. The van der Waals surface area contributed by atoms with E-state index < -0.39 is 0 Å². The molecule has 2 N–H and O–H groups in total. The molecule has 1 saturated carbocycles. The van der Waals surface area contributed by atoms with E-state index in [2.05, 4.69) is 10.6 Å². The number of nitrogens with one attached hydrogen (secondary N) is 2. The molecule has 0 bridgehead atoms. The first kappa shape index (κ1) is 17.1. The Hall–Kier alpha value is -2.69. The Morgan fingerprint density at radius 1 is 1.04 bits per heavy atom. The molecular formula is C20H24N2O3. The van der Waals surface area contributed by atoms with Crippen LogP contribution >= 0.6 is 0 Å². The first-order valence-corrected chi connectivity index (χ1v) is 8.40. The van der Waals surface area contributed by atoms with Gasteiger partial charge in [-0.05, 0) is 43.0 Å². The molecule has 132 valence electrons. The van der Waals surface area contributed by atoms with Crippen molar-refractivity contribution >= 4 is 6.03 Å². The number of amides is 2. The van der Waals surface area contributed by atoms with Crippen LogP contribution in [-0.2, 0) is 12.1 Å². The van der Waals surface area contributed by atoms with E-state index in [1.807, 2.05) is 49.4 Å². The van der Waals surface area contributed by atoms with Gasteiger partial charge >= 0.3 is 6.03 Å². The molecule has 0 radical (unpaired) electrons. The second kappa shape index (κ2) is 7.05. The minimum atomic E-state index is -0.309. The highest BCUT2D eigenvalue weighted by molar-refractivity contribution is 5.75. The molecule has 0 unspecified atom stereocenters. The second-order valence-corrected chi connectivity index (χ2v) is 6.45. The molecule has 2 amide bonds. The number of urea groups is 1. The highest BCUT2D eigenvalue weighted by atomic mass is 16.5. The van der Waals surface area contributed by atoms with Gasteiger partial charge in [0.1, 0.15) is 0 Å². The van der Waals surface area contributed by atoms with Gasteiger partial charge in [-0.1, -0.05) is 35.9 Å². The van der Waals surface area contributed by atoms with Crippen molar-refractivity contribution in [2.75, 3.05) is 14.2 Å². The van der Waals surface area contributed by atoms with Crippen molar-refractivity contribution in [3.8, 4) is 11.5 Å². The lowest BCUT2D eigenvalue weighted by atomic mass is 10.0. The van der Waals surface area contributed by atoms with Crippen LogP contribution in [0.2, 0.25) is 0 Å². The van der Waals surface area contributed by atoms with Crippen molar-refractivity contribution in [2.45, 2.75) is 31.8 Å². The quantitative estimate of drug-likeness (QED) is 0.846. The number of aryl methyl sites for hydroxylation is 1. The molecular weight excluding hydrogens is 316 g/mol. The van der Waals surface area contributed by atoms with Crippen molar-refractivity contribution in [1.29, 1.82) is 0 Å². The van der Waals surface area contributed by atoms with Crippen molar-refractivity contribution < 1.29 is 14.3 Å². The summed E-state index contributed by atoms with van der Waals surface area (Å²) in [7, 11) is 3.23. The van der Waals surface area contributed by atoms with E-state index in [1.54, 1.807) is 14.2 Å². The Morgan fingerprint density at radius 2 is 1.72 bits per heavy atom. The van der Waals surface area contributed by atoms with Gasteiger partial charge in [-0.3, -0.25) is 0 Å². The minimum Gasteiger partial charge on any atom is -0.493 e. The predicted molar refractivity (Wildman–Crippen MR) is 97.0 cm³/mol. The summed E-state index contributed by atoms with van der Waals surface area (Å²) < 4.78 is 10.6. The zero-order valence-electron chi connectivity index (χ0n) is 14.9. The predicted octanol–water partition coefficient (Wildman–Crippen LogP) is 3.50. The van der Waals surface area contributed by atoms with Gasteiger partial charge in [0.05, 0.1) is 19.8 Å². The summed E-state index contributed by atoms with van der Waals surface area (Å²) in [6, 6.07) is 13.8. The molecule has 5 heteroatoms. The lowest BCUT2D eigenvalue weighted by Crippen LogP contribution is -2.41. The number of hydrogen-bond donors (Lipinski definition) is 2. The highest BCUT2D eigenvalue weighted by Crippen LogP contribution is 2.47. The van der Waals surface area contributed by atoms with E-state index in [1.165, 1.54) is 5.56 Å². The molecule has 3 rings (SSSR count). The third-order valence-electron chi connectivity index (χ3n) is 4.61. The Kier molecular flexibility index (Phi) is 4.83. The normalized spacial score (nSPS) is 14.5. The summed E-state index contributed by atoms with van der Waals surface area (Å²) in [4.78, 5) is 12.3. The number of ether oxygens (including phenoxy) is 2. The Morgan fingerprint density at radius 3 is 2.32 bits per heavy atom. The second-order valence-electron chi connectivity index (χ2n) is 6.45. The van der Waals surface area contributed by atoms with E-state index in [0.29, 0.717) is 18.0 Å². The van der Waals surface area contributed by atoms with Crippen LogP contribution in [0.15, 0.2) is 42.5 Å². The molecule has 5 nitrogen and oxygen atoms in total. The molecule has 25 heavy (non-hydrogen) atoms. The largest absolute Gasteiger partial charge is 0.493 e. The van der Waals surface area contributed by atoms with Gasteiger partial charge in [0.2, 0.25) is 0 Å². The van der Waals surface area contributed by atoms with Gasteiger partial charge in [-0.2, -0.15) is 0 Å². The highest BCUT2D eigenvalue weighted by Gasteiger charge is 2.46. The summed E-state index contributed by atoms with van der Waals surface area (Å²) in [5, 5.41) is 6.04. The van der Waals surface area contributed by atoms with E-state index in [0.717, 1.165) is 24.0 Å². The number of carbonyl (C=O) groups excluding carboxylic acids is 1. The fourth-order valence-electron chi connectivity index (χ4n) is 2.89. The molecule has 1 aliphatic carbocycles. The van der Waals surface area contributed by atoms with Gasteiger partial charge in [0.25, 0.3) is 0 Å². The zero-order valence-corrected chi connectivity index (χ0v) is 14.9. The van der Waals surface area contributed by atoms with Gasteiger partial charge in [0.15, 0.2) is 11.5 Å². The summed E-state index contributed by atoms with van der Waals surface area (Å²) in [5.74, 6) is 1.36. The maximum atomic E-state index is 12.3. The first-order chi connectivity index (χ1) is 12.1. The molecule has 0 saturated heterocycles. The summed E-state index contributed by atoms with van der Waals surface area (Å²) in [6.07, 6.45) is 1.83. The van der Waals surface area contributed by atoms with Crippen LogP contribution in [0.3, 0.4) is 0 Å². The summed E-state index contributed by atoms with van der Waals surface area (Å²) in [5.41, 5.74) is 3.02. The van der Waals surface area contributed by atoms with Crippen molar-refractivity contribution in [1.82, 2.24) is 10.6 Å². The van der Waals surface area contributed by atoms with Crippen molar-refractivity contribution in [2.24, 2.45) is 0 Å². The first-order valence-electron chi connectivity index (χ1n) is 8.40. The van der Waals surface area contributed by atoms with Crippen molar-refractivity contribution in [3.63, 3.8) is 0 Å². The van der Waals surface area contributed by atoms with Gasteiger partial charge in [0, 0.05) is 6.54 Å². The average Bonchev–Trinajstić information content (AvgIpc) is 3.41. The van der Waals surface area contributed by atoms with Gasteiger partial charge < -0.3 is 20.1 Å². The summed E-state index contributed by atoms with van der Waals surface area (Å²) >= 11 is 0. The molecule has 0 aliphatic heterocycles.